The number of ether oxygens (including phenoxy) is 1. The minimum absolute atomic E-state index is 0.180. The first-order valence-corrected chi connectivity index (χ1v) is 12.7. The largest absolute Gasteiger partial charge is 0.378 e. The minimum Gasteiger partial charge on any atom is -0.378 e. The average molecular weight is 507 g/mol. The van der Waals surface area contributed by atoms with Crippen molar-refractivity contribution in [3.8, 4) is 11.1 Å². The van der Waals surface area contributed by atoms with Crippen molar-refractivity contribution in [2.75, 3.05) is 31.2 Å². The highest BCUT2D eigenvalue weighted by molar-refractivity contribution is 5.73. The molecule has 0 spiro atoms. The van der Waals surface area contributed by atoms with E-state index in [0.717, 1.165) is 35.6 Å². The van der Waals surface area contributed by atoms with Crippen molar-refractivity contribution in [2.45, 2.75) is 44.1 Å². The molecule has 1 aliphatic heterocycles. The van der Waals surface area contributed by atoms with Crippen LogP contribution in [0, 0.1) is 0 Å². The Bertz CT molecular complexity index is 1450. The summed E-state index contributed by atoms with van der Waals surface area (Å²) in [7, 11) is 0. The monoisotopic (exact) mass is 506 g/mol. The molecular weight excluding hydrogens is 478 g/mol. The Morgan fingerprint density at radius 2 is 1.84 bits per heavy atom. The number of alkyl halides is 2. The second-order valence-electron chi connectivity index (χ2n) is 9.76. The lowest BCUT2D eigenvalue weighted by Gasteiger charge is -2.28. The van der Waals surface area contributed by atoms with Crippen LogP contribution in [0.4, 0.5) is 14.6 Å². The Labute approximate surface area is 212 Å². The Balaban J connectivity index is 1.28. The topological polar surface area (TPSA) is 88.9 Å². The summed E-state index contributed by atoms with van der Waals surface area (Å²) in [4.78, 5) is 27.3. The Morgan fingerprint density at radius 3 is 2.59 bits per heavy atom. The third-order valence-corrected chi connectivity index (χ3v) is 7.31. The number of morpholine rings is 1. The third-order valence-electron chi connectivity index (χ3n) is 7.31. The standard InChI is InChI=1S/C27H28F2N6O2/c28-27(29)9-7-20(8-10-27)35-25-22(17-31-35)26(36)33-23(32-25)15-18-3-1-2-4-21(18)19-5-6-24(30-16-19)34-11-13-37-14-12-34/h1-6,16-17,20H,7-15H2,(H,32,33,36). The molecule has 1 saturated heterocycles. The number of nitrogens with zero attached hydrogens (tertiary/aromatic N) is 5. The van der Waals surface area contributed by atoms with Gasteiger partial charge in [-0.3, -0.25) is 4.79 Å². The number of fused-ring (bicyclic) bond motifs is 1. The number of nitrogens with one attached hydrogen (secondary N) is 1. The van der Waals surface area contributed by atoms with Crippen LogP contribution in [0.1, 0.15) is 43.1 Å². The van der Waals surface area contributed by atoms with Crippen LogP contribution in [0.15, 0.2) is 53.6 Å². The van der Waals surface area contributed by atoms with Crippen molar-refractivity contribution >= 4 is 16.9 Å². The molecule has 0 atom stereocenters. The van der Waals surface area contributed by atoms with Crippen LogP contribution < -0.4 is 10.5 Å². The molecule has 0 bridgehead atoms. The molecule has 4 aromatic rings. The molecule has 2 aliphatic rings. The maximum atomic E-state index is 13.7. The van der Waals surface area contributed by atoms with Crippen molar-refractivity contribution in [2.24, 2.45) is 0 Å². The summed E-state index contributed by atoms with van der Waals surface area (Å²) in [5.74, 6) is -1.20. The van der Waals surface area contributed by atoms with Gasteiger partial charge in [-0.15, -0.1) is 0 Å². The third kappa shape index (κ3) is 4.85. The molecule has 192 valence electrons. The Hall–Kier alpha value is -3.66. The molecule has 1 aliphatic carbocycles. The van der Waals surface area contributed by atoms with Gasteiger partial charge in [-0.05, 0) is 36.1 Å². The van der Waals surface area contributed by atoms with Crippen LogP contribution in [-0.4, -0.2) is 57.0 Å². The second-order valence-corrected chi connectivity index (χ2v) is 9.76. The van der Waals surface area contributed by atoms with Crippen LogP contribution in [0.5, 0.6) is 0 Å². The van der Waals surface area contributed by atoms with E-state index in [1.54, 1.807) is 4.68 Å². The van der Waals surface area contributed by atoms with Gasteiger partial charge in [0.15, 0.2) is 5.65 Å². The fourth-order valence-electron chi connectivity index (χ4n) is 5.26. The molecule has 0 unspecified atom stereocenters. The van der Waals surface area contributed by atoms with Crippen LogP contribution in [0.25, 0.3) is 22.2 Å². The molecule has 37 heavy (non-hydrogen) atoms. The molecule has 2 fully saturated rings. The van der Waals surface area contributed by atoms with Crippen molar-refractivity contribution < 1.29 is 13.5 Å². The van der Waals surface area contributed by atoms with Gasteiger partial charge in [0.05, 0.1) is 25.5 Å². The van der Waals surface area contributed by atoms with Gasteiger partial charge in [0.25, 0.3) is 5.56 Å². The predicted octanol–water partition coefficient (Wildman–Crippen LogP) is 4.36. The number of aromatic nitrogens is 5. The number of rotatable bonds is 5. The first-order valence-electron chi connectivity index (χ1n) is 12.7. The molecule has 8 nitrogen and oxygen atoms in total. The van der Waals surface area contributed by atoms with Gasteiger partial charge in [-0.25, -0.2) is 23.4 Å². The average Bonchev–Trinajstić information content (AvgIpc) is 3.34. The lowest BCUT2D eigenvalue weighted by atomic mass is 9.92. The van der Waals surface area contributed by atoms with Gasteiger partial charge in [-0.2, -0.15) is 5.10 Å². The number of hydrogen-bond donors (Lipinski definition) is 1. The molecule has 1 aromatic carbocycles. The number of halogens is 2. The number of anilines is 1. The molecule has 1 saturated carbocycles. The summed E-state index contributed by atoms with van der Waals surface area (Å²) in [5.41, 5.74) is 3.15. The summed E-state index contributed by atoms with van der Waals surface area (Å²) < 4.78 is 34.5. The van der Waals surface area contributed by atoms with Gasteiger partial charge < -0.3 is 14.6 Å². The molecule has 0 radical (unpaired) electrons. The number of benzene rings is 1. The van der Waals surface area contributed by atoms with E-state index in [9.17, 15) is 13.6 Å². The van der Waals surface area contributed by atoms with Crippen molar-refractivity contribution in [1.82, 2.24) is 24.7 Å². The fraction of sp³-hybridized carbons (Fsp3) is 0.407. The lowest BCUT2D eigenvalue weighted by Crippen LogP contribution is -2.36. The van der Waals surface area contributed by atoms with Crippen LogP contribution in [-0.2, 0) is 11.2 Å². The van der Waals surface area contributed by atoms with Gasteiger partial charge in [-0.1, -0.05) is 24.3 Å². The van der Waals surface area contributed by atoms with E-state index < -0.39 is 5.92 Å². The fourth-order valence-corrected chi connectivity index (χ4v) is 5.26. The normalized spacial score (nSPS) is 18.4. The molecule has 0 amide bonds. The van der Waals surface area contributed by atoms with E-state index in [1.165, 1.54) is 6.20 Å². The van der Waals surface area contributed by atoms with Crippen LogP contribution in [0.2, 0.25) is 0 Å². The number of aromatic amines is 1. The molecule has 1 N–H and O–H groups in total. The summed E-state index contributed by atoms with van der Waals surface area (Å²) >= 11 is 0. The van der Waals surface area contributed by atoms with Crippen molar-refractivity contribution in [1.29, 1.82) is 0 Å². The predicted molar refractivity (Wildman–Crippen MR) is 136 cm³/mol. The van der Waals surface area contributed by atoms with E-state index in [1.807, 2.05) is 36.5 Å². The maximum Gasteiger partial charge on any atom is 0.262 e. The number of pyridine rings is 1. The quantitative estimate of drug-likeness (QED) is 0.433. The zero-order chi connectivity index (χ0) is 25.4. The summed E-state index contributed by atoms with van der Waals surface area (Å²) in [6.07, 6.45) is 4.01. The minimum atomic E-state index is -2.63. The Morgan fingerprint density at radius 1 is 1.05 bits per heavy atom. The first-order chi connectivity index (χ1) is 18.0. The summed E-state index contributed by atoms with van der Waals surface area (Å²) in [6, 6.07) is 11.9. The Kier molecular flexibility index (Phi) is 6.19. The van der Waals surface area contributed by atoms with Crippen LogP contribution in [0.3, 0.4) is 0 Å². The lowest BCUT2D eigenvalue weighted by molar-refractivity contribution is -0.0446. The van der Waals surface area contributed by atoms with E-state index >= 15 is 0 Å². The van der Waals surface area contributed by atoms with Crippen molar-refractivity contribution in [3.63, 3.8) is 0 Å². The smallest absolute Gasteiger partial charge is 0.262 e. The van der Waals surface area contributed by atoms with E-state index in [2.05, 4.69) is 26.0 Å². The van der Waals surface area contributed by atoms with Gasteiger partial charge in [0.1, 0.15) is 17.0 Å². The highest BCUT2D eigenvalue weighted by Gasteiger charge is 2.36. The highest BCUT2D eigenvalue weighted by Crippen LogP contribution is 2.38. The zero-order valence-corrected chi connectivity index (χ0v) is 20.4. The second kappa shape index (κ2) is 9.66. The van der Waals surface area contributed by atoms with Crippen LogP contribution >= 0.6 is 0 Å². The van der Waals surface area contributed by atoms with Gasteiger partial charge in [0.2, 0.25) is 5.92 Å². The first kappa shape index (κ1) is 23.7. The number of H-pyrrole nitrogens is 1. The SMILES string of the molecule is O=c1[nH]c(Cc2ccccc2-c2ccc(N3CCOCC3)nc2)nc2c1cnn2C1CCC(F)(F)CC1. The number of hydrogen-bond acceptors (Lipinski definition) is 6. The van der Waals surface area contributed by atoms with E-state index in [4.69, 9.17) is 9.72 Å². The van der Waals surface area contributed by atoms with E-state index in [-0.39, 0.29) is 24.4 Å². The highest BCUT2D eigenvalue weighted by atomic mass is 19.3. The zero-order valence-electron chi connectivity index (χ0n) is 20.4. The molecule has 3 aromatic heterocycles. The van der Waals surface area contributed by atoms with Gasteiger partial charge in [0, 0.05) is 44.1 Å². The van der Waals surface area contributed by atoms with Gasteiger partial charge >= 0.3 is 0 Å². The summed E-state index contributed by atoms with van der Waals surface area (Å²) in [5, 5.41) is 4.73. The molecule has 4 heterocycles. The molecule has 10 heteroatoms. The summed E-state index contributed by atoms with van der Waals surface area (Å²) in [6.45, 7) is 3.05. The van der Waals surface area contributed by atoms with Crippen molar-refractivity contribution in [3.05, 3.63) is 70.5 Å². The molecular formula is C27H28F2N6O2. The molecule has 6 rings (SSSR count). The van der Waals surface area contributed by atoms with E-state index in [0.29, 0.717) is 49.3 Å². The maximum absolute atomic E-state index is 13.7.